The number of anilines is 3. The predicted molar refractivity (Wildman–Crippen MR) is 130 cm³/mol. The highest BCUT2D eigenvalue weighted by Gasteiger charge is 2.33. The van der Waals surface area contributed by atoms with Gasteiger partial charge < -0.3 is 20.4 Å². The van der Waals surface area contributed by atoms with E-state index in [1.165, 1.54) is 18.2 Å². The van der Waals surface area contributed by atoms with Gasteiger partial charge in [0.05, 0.1) is 11.3 Å². The molecule has 0 atom stereocenters. The molecule has 1 saturated heterocycles. The summed E-state index contributed by atoms with van der Waals surface area (Å²) in [6, 6.07) is 18.6. The van der Waals surface area contributed by atoms with Crippen molar-refractivity contribution >= 4 is 29.0 Å². The van der Waals surface area contributed by atoms with E-state index in [0.29, 0.717) is 37.4 Å². The molecule has 1 aliphatic rings. The molecule has 1 fully saturated rings. The van der Waals surface area contributed by atoms with Crippen LogP contribution in [0.3, 0.4) is 0 Å². The van der Waals surface area contributed by atoms with Crippen molar-refractivity contribution in [3.63, 3.8) is 0 Å². The summed E-state index contributed by atoms with van der Waals surface area (Å²) in [4.78, 5) is 29.1. The van der Waals surface area contributed by atoms with E-state index in [0.717, 1.165) is 17.3 Å². The number of hydrogen-bond acceptors (Lipinski definition) is 3. The van der Waals surface area contributed by atoms with Gasteiger partial charge in [-0.2, -0.15) is 13.2 Å². The van der Waals surface area contributed by atoms with E-state index in [1.54, 1.807) is 12.1 Å². The Morgan fingerprint density at radius 1 is 0.800 bits per heavy atom. The molecule has 0 radical (unpaired) electrons. The van der Waals surface area contributed by atoms with Gasteiger partial charge in [-0.1, -0.05) is 30.3 Å². The smallest absolute Gasteiger partial charge is 0.368 e. The number of carbonyl (C=O) groups excluding carboxylic acids is 2. The Bertz CT molecular complexity index is 1200. The molecule has 0 bridgehead atoms. The summed E-state index contributed by atoms with van der Waals surface area (Å²) < 4.78 is 39.4. The Hall–Kier alpha value is -4.01. The van der Waals surface area contributed by atoms with Gasteiger partial charge >= 0.3 is 12.2 Å². The third-order valence-electron chi connectivity index (χ3n) is 5.91. The SMILES string of the molecule is Cc1ccccc1C(=O)N1CCN(c2ccc(NC(=O)Nc3ccccc3C(F)(F)F)cc2)CC1. The zero-order valence-electron chi connectivity index (χ0n) is 19.1. The average molecular weight is 483 g/mol. The third kappa shape index (κ3) is 5.74. The molecule has 3 aromatic rings. The van der Waals surface area contributed by atoms with Gasteiger partial charge in [-0.25, -0.2) is 4.79 Å². The summed E-state index contributed by atoms with van der Waals surface area (Å²) in [6.07, 6.45) is -4.57. The first kappa shape index (κ1) is 24.1. The molecule has 182 valence electrons. The maximum absolute atomic E-state index is 13.1. The second-order valence-corrected chi connectivity index (χ2v) is 8.26. The number of amides is 3. The number of benzene rings is 3. The van der Waals surface area contributed by atoms with Crippen LogP contribution in [0.25, 0.3) is 0 Å². The van der Waals surface area contributed by atoms with E-state index in [4.69, 9.17) is 0 Å². The normalized spacial score (nSPS) is 13.9. The number of rotatable bonds is 4. The molecule has 0 spiro atoms. The van der Waals surface area contributed by atoms with E-state index in [9.17, 15) is 22.8 Å². The Morgan fingerprint density at radius 3 is 2.09 bits per heavy atom. The lowest BCUT2D eigenvalue weighted by molar-refractivity contribution is -0.136. The number of hydrogen-bond donors (Lipinski definition) is 2. The highest BCUT2D eigenvalue weighted by molar-refractivity contribution is 6.00. The minimum Gasteiger partial charge on any atom is -0.368 e. The van der Waals surface area contributed by atoms with E-state index >= 15 is 0 Å². The molecule has 0 aliphatic carbocycles. The van der Waals surface area contributed by atoms with E-state index < -0.39 is 17.8 Å². The van der Waals surface area contributed by atoms with Crippen molar-refractivity contribution in [3.8, 4) is 0 Å². The molecule has 35 heavy (non-hydrogen) atoms. The number of nitrogens with zero attached hydrogens (tertiary/aromatic N) is 2. The summed E-state index contributed by atoms with van der Waals surface area (Å²) in [6.45, 7) is 4.44. The van der Waals surface area contributed by atoms with Crippen LogP contribution in [0, 0.1) is 6.92 Å². The maximum Gasteiger partial charge on any atom is 0.418 e. The molecule has 1 aliphatic heterocycles. The number of carbonyl (C=O) groups is 2. The average Bonchev–Trinajstić information content (AvgIpc) is 2.84. The zero-order chi connectivity index (χ0) is 25.0. The Morgan fingerprint density at radius 2 is 1.43 bits per heavy atom. The second kappa shape index (κ2) is 10.1. The summed E-state index contributed by atoms with van der Waals surface area (Å²) in [5, 5.41) is 4.81. The number of aryl methyl sites for hydroxylation is 1. The summed E-state index contributed by atoms with van der Waals surface area (Å²) in [5.41, 5.74) is 1.82. The van der Waals surface area contributed by atoms with Gasteiger partial charge in [0.25, 0.3) is 5.91 Å². The van der Waals surface area contributed by atoms with Gasteiger partial charge in [-0.15, -0.1) is 0 Å². The van der Waals surface area contributed by atoms with Crippen molar-refractivity contribution in [2.75, 3.05) is 41.7 Å². The van der Waals surface area contributed by atoms with Gasteiger partial charge in [0.2, 0.25) is 0 Å². The summed E-state index contributed by atoms with van der Waals surface area (Å²) in [7, 11) is 0. The van der Waals surface area contributed by atoms with Crippen LogP contribution in [0.1, 0.15) is 21.5 Å². The number of halogens is 3. The second-order valence-electron chi connectivity index (χ2n) is 8.26. The van der Waals surface area contributed by atoms with Gasteiger partial charge in [-0.05, 0) is 55.0 Å². The minimum atomic E-state index is -4.57. The van der Waals surface area contributed by atoms with E-state index in [1.807, 2.05) is 48.2 Å². The first-order valence-corrected chi connectivity index (χ1v) is 11.2. The lowest BCUT2D eigenvalue weighted by atomic mass is 10.1. The van der Waals surface area contributed by atoms with Crippen LogP contribution in [0.15, 0.2) is 72.8 Å². The zero-order valence-corrected chi connectivity index (χ0v) is 19.1. The molecule has 1 heterocycles. The fourth-order valence-corrected chi connectivity index (χ4v) is 4.03. The Labute approximate surface area is 201 Å². The van der Waals surface area contributed by atoms with Crippen molar-refractivity contribution in [3.05, 3.63) is 89.5 Å². The maximum atomic E-state index is 13.1. The summed E-state index contributed by atoms with van der Waals surface area (Å²) in [5.74, 6) is 0.0282. The Balaban J connectivity index is 1.33. The highest BCUT2D eigenvalue weighted by atomic mass is 19.4. The molecule has 2 N–H and O–H groups in total. The van der Waals surface area contributed by atoms with Gasteiger partial charge in [0.1, 0.15) is 0 Å². The molecule has 3 aromatic carbocycles. The lowest BCUT2D eigenvalue weighted by Crippen LogP contribution is -2.48. The fourth-order valence-electron chi connectivity index (χ4n) is 4.03. The van der Waals surface area contributed by atoms with Gasteiger partial charge in [-0.3, -0.25) is 4.79 Å². The first-order chi connectivity index (χ1) is 16.7. The first-order valence-electron chi connectivity index (χ1n) is 11.2. The number of nitrogens with one attached hydrogen (secondary N) is 2. The molecule has 3 amide bonds. The van der Waals surface area contributed by atoms with Crippen LogP contribution in [-0.2, 0) is 6.18 Å². The van der Waals surface area contributed by atoms with Crippen molar-refractivity contribution in [2.45, 2.75) is 13.1 Å². The van der Waals surface area contributed by atoms with Gasteiger partial charge in [0, 0.05) is 43.1 Å². The van der Waals surface area contributed by atoms with Crippen molar-refractivity contribution in [2.24, 2.45) is 0 Å². The molecular formula is C26H25F3N4O2. The van der Waals surface area contributed by atoms with Crippen LogP contribution in [0.5, 0.6) is 0 Å². The van der Waals surface area contributed by atoms with Crippen LogP contribution in [0.2, 0.25) is 0 Å². The van der Waals surface area contributed by atoms with Crippen LogP contribution < -0.4 is 15.5 Å². The molecule has 0 aromatic heterocycles. The van der Waals surface area contributed by atoms with E-state index in [-0.39, 0.29) is 11.6 Å². The predicted octanol–water partition coefficient (Wildman–Crippen LogP) is 5.62. The third-order valence-corrected chi connectivity index (χ3v) is 5.91. The van der Waals surface area contributed by atoms with Crippen molar-refractivity contribution in [1.29, 1.82) is 0 Å². The van der Waals surface area contributed by atoms with Crippen molar-refractivity contribution in [1.82, 2.24) is 4.90 Å². The summed E-state index contributed by atoms with van der Waals surface area (Å²) >= 11 is 0. The number of piperazine rings is 1. The number of para-hydroxylation sites is 1. The van der Waals surface area contributed by atoms with Crippen LogP contribution in [0.4, 0.5) is 35.0 Å². The van der Waals surface area contributed by atoms with Crippen LogP contribution >= 0.6 is 0 Å². The number of urea groups is 1. The van der Waals surface area contributed by atoms with E-state index in [2.05, 4.69) is 15.5 Å². The fraction of sp³-hybridized carbons (Fsp3) is 0.231. The molecule has 9 heteroatoms. The topological polar surface area (TPSA) is 64.7 Å². The molecular weight excluding hydrogens is 457 g/mol. The highest BCUT2D eigenvalue weighted by Crippen LogP contribution is 2.34. The molecule has 0 saturated carbocycles. The largest absolute Gasteiger partial charge is 0.418 e. The molecule has 0 unspecified atom stereocenters. The van der Waals surface area contributed by atoms with Crippen molar-refractivity contribution < 1.29 is 22.8 Å². The molecule has 6 nitrogen and oxygen atoms in total. The number of alkyl halides is 3. The quantitative estimate of drug-likeness (QED) is 0.507. The van der Waals surface area contributed by atoms with Gasteiger partial charge in [0.15, 0.2) is 0 Å². The minimum absolute atomic E-state index is 0.0282. The lowest BCUT2D eigenvalue weighted by Gasteiger charge is -2.36. The Kier molecular flexibility index (Phi) is 6.95. The standard InChI is InChI=1S/C26H25F3N4O2/c1-18-6-2-3-7-21(18)24(34)33-16-14-32(15-17-33)20-12-10-19(11-13-20)30-25(35)31-23-9-5-4-8-22(23)26(27,28)29/h2-13H,14-17H2,1H3,(H2,30,31,35). The molecule has 4 rings (SSSR count). The van der Waals surface area contributed by atoms with Crippen LogP contribution in [-0.4, -0.2) is 43.0 Å². The monoisotopic (exact) mass is 482 g/mol.